The fourth-order valence-electron chi connectivity index (χ4n) is 5.87. The highest BCUT2D eigenvalue weighted by Crippen LogP contribution is 2.33. The molecule has 2 fully saturated rings. The minimum Gasteiger partial charge on any atom is -0.366 e. The van der Waals surface area contributed by atoms with Crippen LogP contribution in [0.1, 0.15) is 61.5 Å². The molecule has 10 heteroatoms. The van der Waals surface area contributed by atoms with E-state index in [1.54, 1.807) is 6.07 Å². The number of H-pyrrole nitrogens is 1. The quantitative estimate of drug-likeness (QED) is 0.411. The number of carbonyl (C=O) groups excluding carboxylic acids is 1. The summed E-state index contributed by atoms with van der Waals surface area (Å²) in [5.41, 5.74) is 9.58. The number of aromatic nitrogens is 7. The molecule has 1 aliphatic carbocycles. The summed E-state index contributed by atoms with van der Waals surface area (Å²) in [7, 11) is 0. The van der Waals surface area contributed by atoms with Gasteiger partial charge in [-0.25, -0.2) is 4.98 Å². The lowest BCUT2D eigenvalue weighted by Crippen LogP contribution is -2.55. The molecule has 1 aromatic carbocycles. The molecule has 10 nitrogen and oxygen atoms in total. The van der Waals surface area contributed by atoms with Crippen LogP contribution in [0.25, 0.3) is 33.8 Å². The number of amides is 1. The van der Waals surface area contributed by atoms with Gasteiger partial charge >= 0.3 is 0 Å². The van der Waals surface area contributed by atoms with Crippen LogP contribution >= 0.6 is 0 Å². The van der Waals surface area contributed by atoms with Gasteiger partial charge in [0.1, 0.15) is 5.69 Å². The summed E-state index contributed by atoms with van der Waals surface area (Å²) in [6, 6.07) is 6.77. The van der Waals surface area contributed by atoms with Gasteiger partial charge in [-0.3, -0.25) is 24.2 Å². The van der Waals surface area contributed by atoms with E-state index in [9.17, 15) is 4.79 Å². The summed E-state index contributed by atoms with van der Waals surface area (Å²) in [6.07, 6.45) is 9.67. The van der Waals surface area contributed by atoms with Gasteiger partial charge in [0.25, 0.3) is 0 Å². The molecule has 188 valence electrons. The average molecular weight is 488 g/mol. The van der Waals surface area contributed by atoms with Gasteiger partial charge in [-0.05, 0) is 51.3 Å². The number of nitrogens with one attached hydrogen (secondary N) is 1. The molecule has 0 spiro atoms. The molecule has 0 radical (unpaired) electrons. The lowest BCUT2D eigenvalue weighted by atomic mass is 9.89. The number of nitrogens with zero attached hydrogens (tertiary/aromatic N) is 7. The van der Waals surface area contributed by atoms with Gasteiger partial charge in [0.15, 0.2) is 11.6 Å². The summed E-state index contributed by atoms with van der Waals surface area (Å²) < 4.78 is 3.91. The second-order valence-electron chi connectivity index (χ2n) is 10.1. The van der Waals surface area contributed by atoms with Crippen LogP contribution in [0.3, 0.4) is 0 Å². The van der Waals surface area contributed by atoms with Crippen molar-refractivity contribution < 1.29 is 4.79 Å². The first-order chi connectivity index (χ1) is 17.5. The second-order valence-corrected chi connectivity index (χ2v) is 10.1. The fourth-order valence-corrected chi connectivity index (χ4v) is 5.87. The number of nitrogens with two attached hydrogens (primary N) is 1. The van der Waals surface area contributed by atoms with Crippen LogP contribution in [-0.4, -0.2) is 64.2 Å². The van der Waals surface area contributed by atoms with Crippen LogP contribution in [0.4, 0.5) is 0 Å². The van der Waals surface area contributed by atoms with Crippen molar-refractivity contribution in [1.82, 2.24) is 39.6 Å². The Labute approximate surface area is 209 Å². The third-order valence-corrected chi connectivity index (χ3v) is 7.83. The molecular formula is C26H33N9O. The number of hydrogen-bond donors (Lipinski definition) is 2. The molecule has 1 saturated carbocycles. The third kappa shape index (κ3) is 3.99. The summed E-state index contributed by atoms with van der Waals surface area (Å²) in [5.74, 6) is 0.663. The lowest BCUT2D eigenvalue weighted by Gasteiger charge is -2.47. The zero-order chi connectivity index (χ0) is 24.8. The molecule has 3 aromatic heterocycles. The molecule has 4 aromatic rings. The Morgan fingerprint density at radius 3 is 2.69 bits per heavy atom. The van der Waals surface area contributed by atoms with Crippen LogP contribution in [0, 0.1) is 6.92 Å². The highest BCUT2D eigenvalue weighted by molar-refractivity contribution is 6.02. The topological polar surface area (TPSA) is 124 Å². The highest BCUT2D eigenvalue weighted by Gasteiger charge is 2.35. The summed E-state index contributed by atoms with van der Waals surface area (Å²) in [4.78, 5) is 19.7. The molecule has 1 saturated heterocycles. The van der Waals surface area contributed by atoms with Gasteiger partial charge in [0.05, 0.1) is 24.0 Å². The van der Waals surface area contributed by atoms with Crippen molar-refractivity contribution in [2.45, 2.75) is 77.5 Å². The average Bonchev–Trinajstić information content (AvgIpc) is 3.60. The molecule has 4 heterocycles. The maximum absolute atomic E-state index is 12.2. The lowest BCUT2D eigenvalue weighted by molar-refractivity contribution is 0.0135. The normalized spacial score (nSPS) is 19.1. The monoisotopic (exact) mass is 487 g/mol. The minimum atomic E-state index is -0.478. The van der Waals surface area contributed by atoms with Crippen molar-refractivity contribution in [3.8, 4) is 22.9 Å². The Hall–Kier alpha value is -3.53. The standard InChI is InChI=1S/C26H33N9O/c1-3-34-23(11-16(2)32-34)26-29-25(30-31-26)20-12-17(24(27)36)13-22-21(20)14-28-35(22)15-19-9-10-33(19)18-7-5-4-6-8-18/h11-14,18-19H,3-10,15H2,1-2H3,(H2,27,36)(H,29,30,31). The first-order valence-electron chi connectivity index (χ1n) is 13.0. The van der Waals surface area contributed by atoms with E-state index in [4.69, 9.17) is 15.8 Å². The van der Waals surface area contributed by atoms with E-state index in [2.05, 4.69) is 20.2 Å². The predicted molar refractivity (Wildman–Crippen MR) is 137 cm³/mol. The minimum absolute atomic E-state index is 0.429. The smallest absolute Gasteiger partial charge is 0.248 e. The van der Waals surface area contributed by atoms with Crippen LogP contribution < -0.4 is 5.73 Å². The van der Waals surface area contributed by atoms with Crippen molar-refractivity contribution >= 4 is 16.8 Å². The molecule has 36 heavy (non-hydrogen) atoms. The molecule has 3 N–H and O–H groups in total. The first-order valence-corrected chi connectivity index (χ1v) is 13.0. The molecule has 1 aliphatic heterocycles. The van der Waals surface area contributed by atoms with Gasteiger partial charge in [-0.15, -0.1) is 0 Å². The van der Waals surface area contributed by atoms with Crippen molar-refractivity contribution in [2.75, 3.05) is 6.54 Å². The Kier molecular flexibility index (Phi) is 5.83. The van der Waals surface area contributed by atoms with Crippen LogP contribution in [0.2, 0.25) is 0 Å². The van der Waals surface area contributed by atoms with Crippen LogP contribution in [-0.2, 0) is 13.1 Å². The number of hydrogen-bond acceptors (Lipinski definition) is 6. The third-order valence-electron chi connectivity index (χ3n) is 7.83. The van der Waals surface area contributed by atoms with E-state index in [1.807, 2.05) is 41.5 Å². The number of carbonyl (C=O) groups is 1. The number of aryl methyl sites for hydroxylation is 2. The number of aromatic amines is 1. The van der Waals surface area contributed by atoms with E-state index < -0.39 is 5.91 Å². The SMILES string of the molecule is CCn1nc(C)cc1-c1nc(-c2cc(C(N)=O)cc3c2cnn3CC2CCN2C2CCCCC2)n[nH]1. The Bertz CT molecular complexity index is 1410. The van der Waals surface area contributed by atoms with E-state index in [-0.39, 0.29) is 0 Å². The molecule has 0 bridgehead atoms. The molecule has 1 atom stereocenters. The summed E-state index contributed by atoms with van der Waals surface area (Å²) in [6.45, 7) is 6.69. The predicted octanol–water partition coefficient (Wildman–Crippen LogP) is 3.52. The van der Waals surface area contributed by atoms with Gasteiger partial charge < -0.3 is 5.73 Å². The van der Waals surface area contributed by atoms with Crippen LogP contribution in [0.15, 0.2) is 24.4 Å². The van der Waals surface area contributed by atoms with Gasteiger partial charge in [0.2, 0.25) is 5.91 Å². The Morgan fingerprint density at radius 1 is 1.14 bits per heavy atom. The number of benzene rings is 1. The van der Waals surface area contributed by atoms with Crippen molar-refractivity contribution in [3.63, 3.8) is 0 Å². The molecular weight excluding hydrogens is 454 g/mol. The summed E-state index contributed by atoms with van der Waals surface area (Å²) in [5, 5.41) is 17.7. The van der Waals surface area contributed by atoms with E-state index in [1.165, 1.54) is 45.1 Å². The zero-order valence-corrected chi connectivity index (χ0v) is 20.9. The van der Waals surface area contributed by atoms with Gasteiger partial charge in [0, 0.05) is 41.7 Å². The maximum Gasteiger partial charge on any atom is 0.248 e. The van der Waals surface area contributed by atoms with Gasteiger partial charge in [-0.1, -0.05) is 19.3 Å². The molecule has 2 aliphatic rings. The fraction of sp³-hybridized carbons (Fsp3) is 0.500. The van der Waals surface area contributed by atoms with E-state index in [0.717, 1.165) is 40.9 Å². The number of fused-ring (bicyclic) bond motifs is 1. The maximum atomic E-state index is 12.2. The van der Waals surface area contributed by atoms with E-state index >= 15 is 0 Å². The van der Waals surface area contributed by atoms with Crippen molar-refractivity contribution in [1.29, 1.82) is 0 Å². The number of likely N-dealkylation sites (tertiary alicyclic amines) is 1. The largest absolute Gasteiger partial charge is 0.366 e. The molecule has 6 rings (SSSR count). The number of primary amides is 1. The van der Waals surface area contributed by atoms with Gasteiger partial charge in [-0.2, -0.15) is 15.3 Å². The highest BCUT2D eigenvalue weighted by atomic mass is 16.1. The molecule has 1 unspecified atom stereocenters. The van der Waals surface area contributed by atoms with Crippen molar-refractivity contribution in [3.05, 3.63) is 35.7 Å². The Balaban J connectivity index is 1.35. The molecule has 1 amide bonds. The summed E-state index contributed by atoms with van der Waals surface area (Å²) >= 11 is 0. The second kappa shape index (κ2) is 9.16. The Morgan fingerprint density at radius 2 is 1.97 bits per heavy atom. The first kappa shape index (κ1) is 22.9. The number of rotatable bonds is 7. The van der Waals surface area contributed by atoms with Crippen LogP contribution in [0.5, 0.6) is 0 Å². The zero-order valence-electron chi connectivity index (χ0n) is 20.9. The van der Waals surface area contributed by atoms with E-state index in [0.29, 0.717) is 29.3 Å². The van der Waals surface area contributed by atoms with Crippen molar-refractivity contribution in [2.24, 2.45) is 5.73 Å².